The molecule has 1 unspecified atom stereocenters. The van der Waals surface area contributed by atoms with Crippen LogP contribution in [0.4, 0.5) is 0 Å². The summed E-state index contributed by atoms with van der Waals surface area (Å²) in [4.78, 5) is 7.28. The first kappa shape index (κ1) is 20.7. The van der Waals surface area contributed by atoms with Gasteiger partial charge in [-0.1, -0.05) is 72.8 Å². The van der Waals surface area contributed by atoms with Crippen LogP contribution < -0.4 is 0 Å². The van der Waals surface area contributed by atoms with Crippen molar-refractivity contribution in [2.75, 3.05) is 6.54 Å². The van der Waals surface area contributed by atoms with Gasteiger partial charge >= 0.3 is 0 Å². The van der Waals surface area contributed by atoms with Gasteiger partial charge in [-0.15, -0.1) is 11.3 Å². The summed E-state index contributed by atoms with van der Waals surface area (Å²) in [5.74, 6) is 0.415. The molecule has 3 heteroatoms. The standard InChI is InChI=1S/C32H26N2S/c1-21-13-16-28(33-19-21)24-9-3-2-8-22(24)18-23-20-34-17-7-6-11-29(34)31-25(23)14-15-27-26-10-4-5-12-30(26)35-32(27)31/h2-17,19,23,29H,18,20H2,1H3/t23-,29?/m0/s1. The molecule has 5 aromatic rings. The van der Waals surface area contributed by atoms with E-state index in [4.69, 9.17) is 4.98 Å². The third-order valence-electron chi connectivity index (χ3n) is 7.50. The molecule has 0 radical (unpaired) electrons. The summed E-state index contributed by atoms with van der Waals surface area (Å²) in [5.41, 5.74) is 7.85. The van der Waals surface area contributed by atoms with Crippen LogP contribution in [-0.2, 0) is 6.42 Å². The Morgan fingerprint density at radius 1 is 0.914 bits per heavy atom. The van der Waals surface area contributed by atoms with Crippen molar-refractivity contribution in [1.29, 1.82) is 0 Å². The number of allylic oxidation sites excluding steroid dienone is 2. The number of aryl methyl sites for hydroxylation is 1. The third kappa shape index (κ3) is 3.42. The zero-order chi connectivity index (χ0) is 23.4. The highest BCUT2D eigenvalue weighted by Gasteiger charge is 2.33. The largest absolute Gasteiger partial charge is 0.366 e. The summed E-state index contributed by atoms with van der Waals surface area (Å²) < 4.78 is 2.81. The van der Waals surface area contributed by atoms with Gasteiger partial charge in [-0.3, -0.25) is 4.98 Å². The predicted octanol–water partition coefficient (Wildman–Crippen LogP) is 8.19. The van der Waals surface area contributed by atoms with Crippen LogP contribution in [0.5, 0.6) is 0 Å². The number of fused-ring (bicyclic) bond motifs is 7. The number of benzene rings is 3. The van der Waals surface area contributed by atoms with Gasteiger partial charge in [-0.25, -0.2) is 0 Å². The summed E-state index contributed by atoms with van der Waals surface area (Å²) in [6.07, 6.45) is 12.0. The van der Waals surface area contributed by atoms with E-state index in [0.29, 0.717) is 12.0 Å². The lowest BCUT2D eigenvalue weighted by Crippen LogP contribution is -2.35. The Morgan fingerprint density at radius 3 is 2.71 bits per heavy atom. The fourth-order valence-electron chi connectivity index (χ4n) is 5.82. The molecular weight excluding hydrogens is 444 g/mol. The zero-order valence-electron chi connectivity index (χ0n) is 19.7. The van der Waals surface area contributed by atoms with E-state index in [2.05, 4.69) is 109 Å². The maximum Gasteiger partial charge on any atom is 0.0741 e. The number of hydrogen-bond acceptors (Lipinski definition) is 3. The number of aromatic nitrogens is 1. The van der Waals surface area contributed by atoms with E-state index >= 15 is 0 Å². The molecule has 0 fully saturated rings. The van der Waals surface area contributed by atoms with Gasteiger partial charge in [0.15, 0.2) is 0 Å². The molecule has 0 bridgehead atoms. The number of hydrogen-bond donors (Lipinski definition) is 0. The molecule has 2 aliphatic rings. The lowest BCUT2D eigenvalue weighted by molar-refractivity contribution is 0.275. The average Bonchev–Trinajstić information content (AvgIpc) is 3.28. The second-order valence-electron chi connectivity index (χ2n) is 9.69. The summed E-state index contributed by atoms with van der Waals surface area (Å²) >= 11 is 1.95. The minimum Gasteiger partial charge on any atom is -0.366 e. The fourth-order valence-corrected chi connectivity index (χ4v) is 7.11. The smallest absolute Gasteiger partial charge is 0.0741 e. The molecule has 0 aliphatic carbocycles. The predicted molar refractivity (Wildman–Crippen MR) is 148 cm³/mol. The first-order chi connectivity index (χ1) is 17.3. The molecule has 0 N–H and O–H groups in total. The Morgan fingerprint density at radius 2 is 1.80 bits per heavy atom. The Kier molecular flexibility index (Phi) is 4.85. The van der Waals surface area contributed by atoms with Gasteiger partial charge in [0.2, 0.25) is 0 Å². The number of rotatable bonds is 3. The molecule has 0 amide bonds. The van der Waals surface area contributed by atoms with E-state index in [-0.39, 0.29) is 0 Å². The summed E-state index contributed by atoms with van der Waals surface area (Å²) in [7, 11) is 0. The van der Waals surface area contributed by atoms with Crippen LogP contribution in [0.2, 0.25) is 0 Å². The van der Waals surface area contributed by atoms with Gasteiger partial charge in [0, 0.05) is 44.4 Å². The Hall–Kier alpha value is -3.69. The molecule has 2 atom stereocenters. The maximum absolute atomic E-state index is 4.75. The minimum absolute atomic E-state index is 0.303. The van der Waals surface area contributed by atoms with E-state index in [9.17, 15) is 0 Å². The van der Waals surface area contributed by atoms with E-state index in [0.717, 1.165) is 18.7 Å². The molecule has 2 nitrogen and oxygen atoms in total. The lowest BCUT2D eigenvalue weighted by atomic mass is 9.80. The van der Waals surface area contributed by atoms with E-state index in [1.807, 2.05) is 17.5 Å². The van der Waals surface area contributed by atoms with E-state index in [1.54, 1.807) is 0 Å². The van der Waals surface area contributed by atoms with Gasteiger partial charge in [0.1, 0.15) is 0 Å². The van der Waals surface area contributed by atoms with Gasteiger partial charge < -0.3 is 4.90 Å². The van der Waals surface area contributed by atoms with Gasteiger partial charge in [0.25, 0.3) is 0 Å². The van der Waals surface area contributed by atoms with Crippen molar-refractivity contribution in [2.24, 2.45) is 0 Å². The molecule has 7 rings (SSSR count). The van der Waals surface area contributed by atoms with Crippen LogP contribution in [0.15, 0.2) is 103 Å². The van der Waals surface area contributed by atoms with Crippen molar-refractivity contribution >= 4 is 31.5 Å². The Balaban J connectivity index is 1.38. The zero-order valence-corrected chi connectivity index (χ0v) is 20.5. The summed E-state index contributed by atoms with van der Waals surface area (Å²) in [6.45, 7) is 3.11. The first-order valence-corrected chi connectivity index (χ1v) is 13.1. The quantitative estimate of drug-likeness (QED) is 0.264. The first-order valence-electron chi connectivity index (χ1n) is 12.3. The van der Waals surface area contributed by atoms with Gasteiger partial charge in [-0.05, 0) is 60.0 Å². The van der Waals surface area contributed by atoms with Crippen LogP contribution in [0.1, 0.15) is 34.2 Å². The normalized spacial score (nSPS) is 18.7. The number of pyridine rings is 1. The van der Waals surface area contributed by atoms with Crippen LogP contribution in [0.25, 0.3) is 31.4 Å². The molecule has 0 saturated heterocycles. The minimum atomic E-state index is 0.303. The Labute approximate surface area is 209 Å². The SMILES string of the molecule is Cc1ccc(-c2ccccc2C[C@H]2CN3C=CC=CC3c3c2ccc2c3sc3ccccc32)nc1. The van der Waals surface area contributed by atoms with Crippen LogP contribution in [-0.4, -0.2) is 16.4 Å². The van der Waals surface area contributed by atoms with Crippen LogP contribution in [0, 0.1) is 6.92 Å². The summed E-state index contributed by atoms with van der Waals surface area (Å²) in [5, 5.41) is 2.76. The van der Waals surface area contributed by atoms with Gasteiger partial charge in [-0.2, -0.15) is 0 Å². The van der Waals surface area contributed by atoms with E-state index in [1.165, 1.54) is 48.0 Å². The van der Waals surface area contributed by atoms with Crippen molar-refractivity contribution in [3.05, 3.63) is 126 Å². The molecular formula is C32H26N2S. The fraction of sp³-hybridized carbons (Fsp3) is 0.156. The monoisotopic (exact) mass is 470 g/mol. The van der Waals surface area contributed by atoms with Crippen molar-refractivity contribution < 1.29 is 0 Å². The van der Waals surface area contributed by atoms with Crippen molar-refractivity contribution in [2.45, 2.75) is 25.3 Å². The molecule has 35 heavy (non-hydrogen) atoms. The second kappa shape index (κ2) is 8.21. The molecule has 0 spiro atoms. The third-order valence-corrected chi connectivity index (χ3v) is 8.72. The highest BCUT2D eigenvalue weighted by atomic mass is 32.1. The molecule has 4 heterocycles. The van der Waals surface area contributed by atoms with Crippen LogP contribution >= 0.6 is 11.3 Å². The van der Waals surface area contributed by atoms with Crippen molar-refractivity contribution in [1.82, 2.24) is 9.88 Å². The topological polar surface area (TPSA) is 16.1 Å². The Bertz CT molecular complexity index is 1620. The molecule has 3 aromatic carbocycles. The molecule has 170 valence electrons. The van der Waals surface area contributed by atoms with Crippen LogP contribution in [0.3, 0.4) is 0 Å². The molecule has 2 aliphatic heterocycles. The molecule has 2 aromatic heterocycles. The van der Waals surface area contributed by atoms with Crippen molar-refractivity contribution in [3.63, 3.8) is 0 Å². The maximum atomic E-state index is 4.75. The second-order valence-corrected chi connectivity index (χ2v) is 10.7. The van der Waals surface area contributed by atoms with E-state index < -0.39 is 0 Å². The molecule has 0 saturated carbocycles. The number of thiophene rings is 1. The summed E-state index contributed by atoms with van der Waals surface area (Å²) in [6, 6.07) is 27.0. The highest BCUT2D eigenvalue weighted by molar-refractivity contribution is 7.26. The number of nitrogens with zero attached hydrogens (tertiary/aromatic N) is 2. The lowest BCUT2D eigenvalue weighted by Gasteiger charge is -2.41. The van der Waals surface area contributed by atoms with Crippen molar-refractivity contribution in [3.8, 4) is 11.3 Å². The van der Waals surface area contributed by atoms with Gasteiger partial charge in [0.05, 0.1) is 11.7 Å². The highest BCUT2D eigenvalue weighted by Crippen LogP contribution is 2.47. The average molecular weight is 471 g/mol.